The number of fused-ring (bicyclic) bond motifs is 1. The number of anilines is 1. The highest BCUT2D eigenvalue weighted by molar-refractivity contribution is 8.00. The number of amides is 1. The van der Waals surface area contributed by atoms with Crippen LogP contribution in [0.3, 0.4) is 0 Å². The van der Waals surface area contributed by atoms with Gasteiger partial charge in [0.05, 0.1) is 11.3 Å². The summed E-state index contributed by atoms with van der Waals surface area (Å²) in [5, 5.41) is 4.57. The number of hydrogen-bond donors (Lipinski definition) is 1. The van der Waals surface area contributed by atoms with Gasteiger partial charge < -0.3 is 5.32 Å². The van der Waals surface area contributed by atoms with Crippen LogP contribution in [0.15, 0.2) is 65.7 Å². The SMILES string of the molecule is Cc1ccc(NC(=O)CSc2nc(-c3ccc(F)cc3)nc3c(C)cccc23)cc1C. The molecule has 1 amide bonds. The van der Waals surface area contributed by atoms with Crippen molar-refractivity contribution in [1.82, 2.24) is 9.97 Å². The Morgan fingerprint density at radius 2 is 1.71 bits per heavy atom. The van der Waals surface area contributed by atoms with Gasteiger partial charge in [-0.3, -0.25) is 4.79 Å². The summed E-state index contributed by atoms with van der Waals surface area (Å²) >= 11 is 1.37. The van der Waals surface area contributed by atoms with E-state index in [9.17, 15) is 9.18 Å². The molecule has 31 heavy (non-hydrogen) atoms. The van der Waals surface area contributed by atoms with Crippen molar-refractivity contribution >= 4 is 34.3 Å². The maximum atomic E-state index is 13.3. The Bertz CT molecular complexity index is 1270. The van der Waals surface area contributed by atoms with Crippen molar-refractivity contribution in [3.05, 3.63) is 83.2 Å². The van der Waals surface area contributed by atoms with Crippen LogP contribution in [0.4, 0.5) is 10.1 Å². The van der Waals surface area contributed by atoms with Crippen LogP contribution in [-0.4, -0.2) is 21.6 Å². The molecule has 0 atom stereocenters. The Labute approximate surface area is 184 Å². The maximum Gasteiger partial charge on any atom is 0.234 e. The van der Waals surface area contributed by atoms with Gasteiger partial charge >= 0.3 is 0 Å². The fourth-order valence-corrected chi connectivity index (χ4v) is 4.07. The number of thioether (sulfide) groups is 1. The van der Waals surface area contributed by atoms with Gasteiger partial charge in [-0.25, -0.2) is 14.4 Å². The third-order valence-corrected chi connectivity index (χ3v) is 6.12. The van der Waals surface area contributed by atoms with Gasteiger partial charge in [-0.2, -0.15) is 0 Å². The molecule has 1 aromatic heterocycles. The monoisotopic (exact) mass is 431 g/mol. The van der Waals surface area contributed by atoms with E-state index in [0.29, 0.717) is 5.82 Å². The second-order valence-electron chi connectivity index (χ2n) is 7.47. The van der Waals surface area contributed by atoms with Crippen LogP contribution in [0.25, 0.3) is 22.3 Å². The minimum Gasteiger partial charge on any atom is -0.325 e. The Kier molecular flexibility index (Phi) is 6.00. The van der Waals surface area contributed by atoms with E-state index in [0.717, 1.165) is 38.3 Å². The van der Waals surface area contributed by atoms with Crippen LogP contribution in [0.5, 0.6) is 0 Å². The first kappa shape index (κ1) is 21.0. The molecular formula is C25H22FN3OS. The zero-order chi connectivity index (χ0) is 22.0. The molecule has 0 saturated carbocycles. The van der Waals surface area contributed by atoms with Crippen molar-refractivity contribution in [1.29, 1.82) is 0 Å². The summed E-state index contributed by atoms with van der Waals surface area (Å²) in [6.45, 7) is 6.05. The number of nitrogens with zero attached hydrogens (tertiary/aromatic N) is 2. The van der Waals surface area contributed by atoms with Crippen molar-refractivity contribution < 1.29 is 9.18 Å². The van der Waals surface area contributed by atoms with E-state index in [1.54, 1.807) is 12.1 Å². The van der Waals surface area contributed by atoms with E-state index < -0.39 is 0 Å². The van der Waals surface area contributed by atoms with E-state index in [1.165, 1.54) is 29.5 Å². The molecule has 0 radical (unpaired) electrons. The predicted molar refractivity (Wildman–Crippen MR) is 125 cm³/mol. The van der Waals surface area contributed by atoms with Crippen molar-refractivity contribution in [2.45, 2.75) is 25.8 Å². The lowest BCUT2D eigenvalue weighted by molar-refractivity contribution is -0.113. The molecule has 0 aliphatic carbocycles. The molecule has 4 rings (SSSR count). The highest BCUT2D eigenvalue weighted by Gasteiger charge is 2.13. The number of nitrogens with one attached hydrogen (secondary N) is 1. The molecule has 4 aromatic rings. The molecular weight excluding hydrogens is 409 g/mol. The first-order valence-corrected chi connectivity index (χ1v) is 10.9. The standard InChI is InChI=1S/C25H22FN3OS/c1-15-7-12-20(13-17(15)3)27-22(30)14-31-25-21-6-4-5-16(2)23(21)28-24(29-25)18-8-10-19(26)11-9-18/h4-13H,14H2,1-3H3,(H,27,30). The van der Waals surface area contributed by atoms with E-state index in [4.69, 9.17) is 9.97 Å². The van der Waals surface area contributed by atoms with Gasteiger partial charge in [0, 0.05) is 16.6 Å². The van der Waals surface area contributed by atoms with Crippen LogP contribution in [-0.2, 0) is 4.79 Å². The van der Waals surface area contributed by atoms with Crippen molar-refractivity contribution in [3.8, 4) is 11.4 Å². The first-order chi connectivity index (χ1) is 14.9. The van der Waals surface area contributed by atoms with Crippen molar-refractivity contribution in [2.24, 2.45) is 0 Å². The minimum atomic E-state index is -0.307. The Balaban J connectivity index is 1.61. The molecule has 0 aliphatic rings. The molecule has 0 fully saturated rings. The van der Waals surface area contributed by atoms with E-state index in [2.05, 4.69) is 5.32 Å². The highest BCUT2D eigenvalue weighted by atomic mass is 32.2. The van der Waals surface area contributed by atoms with Crippen molar-refractivity contribution in [2.75, 3.05) is 11.1 Å². The van der Waals surface area contributed by atoms with Gasteiger partial charge in [-0.15, -0.1) is 0 Å². The molecule has 4 nitrogen and oxygen atoms in total. The summed E-state index contributed by atoms with van der Waals surface area (Å²) in [4.78, 5) is 22.0. The second-order valence-corrected chi connectivity index (χ2v) is 8.43. The highest BCUT2D eigenvalue weighted by Crippen LogP contribution is 2.30. The van der Waals surface area contributed by atoms with Crippen LogP contribution in [0.1, 0.15) is 16.7 Å². The molecule has 6 heteroatoms. The summed E-state index contributed by atoms with van der Waals surface area (Å²) in [6, 6.07) is 17.9. The number of hydrogen-bond acceptors (Lipinski definition) is 4. The quantitative estimate of drug-likeness (QED) is 0.307. The maximum absolute atomic E-state index is 13.3. The third-order valence-electron chi connectivity index (χ3n) is 5.13. The summed E-state index contributed by atoms with van der Waals surface area (Å²) in [7, 11) is 0. The average molecular weight is 432 g/mol. The zero-order valence-electron chi connectivity index (χ0n) is 17.6. The van der Waals surface area contributed by atoms with Gasteiger partial charge in [0.1, 0.15) is 10.8 Å². The average Bonchev–Trinajstić information content (AvgIpc) is 2.75. The molecule has 156 valence electrons. The van der Waals surface area contributed by atoms with Crippen LogP contribution in [0, 0.1) is 26.6 Å². The fourth-order valence-electron chi connectivity index (χ4n) is 3.26. The molecule has 0 unspecified atom stereocenters. The largest absolute Gasteiger partial charge is 0.325 e. The number of aryl methyl sites for hydroxylation is 3. The molecule has 1 N–H and O–H groups in total. The molecule has 0 saturated heterocycles. The molecule has 3 aromatic carbocycles. The van der Waals surface area contributed by atoms with Crippen molar-refractivity contribution in [3.63, 3.8) is 0 Å². The normalized spacial score (nSPS) is 11.0. The smallest absolute Gasteiger partial charge is 0.234 e. The number of carbonyl (C=O) groups excluding carboxylic acids is 1. The third kappa shape index (κ3) is 4.75. The van der Waals surface area contributed by atoms with E-state index in [1.807, 2.05) is 57.2 Å². The minimum absolute atomic E-state index is 0.101. The van der Waals surface area contributed by atoms with Gasteiger partial charge in [0.15, 0.2) is 5.82 Å². The number of para-hydroxylation sites is 1. The van der Waals surface area contributed by atoms with Gasteiger partial charge in [0.25, 0.3) is 0 Å². The topological polar surface area (TPSA) is 54.9 Å². The van der Waals surface area contributed by atoms with Gasteiger partial charge in [0.2, 0.25) is 5.91 Å². The molecule has 0 aliphatic heterocycles. The predicted octanol–water partition coefficient (Wildman–Crippen LogP) is 6.09. The molecule has 1 heterocycles. The molecule has 0 spiro atoms. The summed E-state index contributed by atoms with van der Waals surface area (Å²) in [5.74, 6) is 0.323. The van der Waals surface area contributed by atoms with E-state index in [-0.39, 0.29) is 17.5 Å². The number of halogens is 1. The summed E-state index contributed by atoms with van der Waals surface area (Å²) < 4.78 is 13.3. The zero-order valence-corrected chi connectivity index (χ0v) is 18.4. The fraction of sp³-hybridized carbons (Fsp3) is 0.160. The van der Waals surface area contributed by atoms with Gasteiger partial charge in [-0.05, 0) is 73.9 Å². The van der Waals surface area contributed by atoms with E-state index >= 15 is 0 Å². The molecule has 0 bridgehead atoms. The summed E-state index contributed by atoms with van der Waals surface area (Å²) in [6.07, 6.45) is 0. The Morgan fingerprint density at radius 1 is 0.935 bits per heavy atom. The Hall–Kier alpha value is -3.25. The number of carbonyl (C=O) groups is 1. The number of benzene rings is 3. The lowest BCUT2D eigenvalue weighted by Gasteiger charge is -2.11. The lowest BCUT2D eigenvalue weighted by atomic mass is 10.1. The van der Waals surface area contributed by atoms with Crippen LogP contribution >= 0.6 is 11.8 Å². The number of rotatable bonds is 5. The Morgan fingerprint density at radius 3 is 2.45 bits per heavy atom. The van der Waals surface area contributed by atoms with Crippen LogP contribution in [0.2, 0.25) is 0 Å². The first-order valence-electron chi connectivity index (χ1n) is 9.94. The lowest BCUT2D eigenvalue weighted by Crippen LogP contribution is -2.14. The van der Waals surface area contributed by atoms with Crippen LogP contribution < -0.4 is 5.32 Å². The summed E-state index contributed by atoms with van der Waals surface area (Å²) in [5.41, 5.74) is 5.67. The number of aromatic nitrogens is 2. The second kappa shape index (κ2) is 8.86. The van der Waals surface area contributed by atoms with Gasteiger partial charge in [-0.1, -0.05) is 36.0 Å².